The molecule has 20 heavy (non-hydrogen) atoms. The molecule has 0 aromatic rings. The van der Waals surface area contributed by atoms with Crippen molar-refractivity contribution in [1.82, 2.24) is 0 Å². The Morgan fingerprint density at radius 2 is 1.55 bits per heavy atom. The van der Waals surface area contributed by atoms with Crippen LogP contribution >= 0.6 is 0 Å². The van der Waals surface area contributed by atoms with E-state index in [4.69, 9.17) is 0 Å². The van der Waals surface area contributed by atoms with Gasteiger partial charge in [-0.3, -0.25) is 4.79 Å². The van der Waals surface area contributed by atoms with Gasteiger partial charge in [0.15, 0.2) is 0 Å². The number of Topliss-reactive ketones (excluding diaryl/α,β-unsaturated/α-hetero) is 1. The second-order valence-electron chi connectivity index (χ2n) is 8.11. The molecule has 0 aromatic carbocycles. The first-order valence-corrected chi connectivity index (χ1v) is 8.40. The van der Waals surface area contributed by atoms with Gasteiger partial charge in [-0.2, -0.15) is 0 Å². The maximum Gasteiger partial charge on any atom is 0.149 e. The van der Waals surface area contributed by atoms with E-state index in [0.29, 0.717) is 5.41 Å². The number of ketones is 1. The highest BCUT2D eigenvalue weighted by atomic mass is 16.1. The summed E-state index contributed by atoms with van der Waals surface area (Å²) in [5, 5.41) is 0. The standard InChI is InChI=1S/C18H30O2/c1-17(2,3)15-9-7-14(8-10-15)16(20)18(13-19)11-5-4-6-12-18/h13-15H,4-12H2,1-3H3. The lowest BCUT2D eigenvalue weighted by atomic mass is 9.63. The molecule has 0 N–H and O–H groups in total. The maximum atomic E-state index is 12.8. The fourth-order valence-corrected chi connectivity index (χ4v) is 4.23. The molecule has 114 valence electrons. The molecule has 0 unspecified atom stereocenters. The van der Waals surface area contributed by atoms with Crippen molar-refractivity contribution in [2.75, 3.05) is 0 Å². The molecule has 0 amide bonds. The summed E-state index contributed by atoms with van der Waals surface area (Å²) in [6.45, 7) is 6.90. The maximum absolute atomic E-state index is 12.8. The van der Waals surface area contributed by atoms with Crippen molar-refractivity contribution in [3.8, 4) is 0 Å². The van der Waals surface area contributed by atoms with Crippen LogP contribution in [-0.4, -0.2) is 12.1 Å². The summed E-state index contributed by atoms with van der Waals surface area (Å²) in [5.41, 5.74) is -0.265. The zero-order chi connectivity index (χ0) is 14.8. The van der Waals surface area contributed by atoms with Gasteiger partial charge < -0.3 is 4.79 Å². The molecule has 2 aliphatic rings. The van der Waals surface area contributed by atoms with Crippen LogP contribution in [0.5, 0.6) is 0 Å². The molecule has 2 rings (SSSR count). The van der Waals surface area contributed by atoms with E-state index in [2.05, 4.69) is 20.8 Å². The second kappa shape index (κ2) is 5.99. The van der Waals surface area contributed by atoms with Crippen molar-refractivity contribution >= 4 is 12.1 Å². The lowest BCUT2D eigenvalue weighted by Crippen LogP contribution is -2.41. The Bertz CT molecular complexity index is 350. The van der Waals surface area contributed by atoms with Crippen LogP contribution in [0.2, 0.25) is 0 Å². The summed E-state index contributed by atoms with van der Waals surface area (Å²) in [5.74, 6) is 1.15. The van der Waals surface area contributed by atoms with Gasteiger partial charge in [0.25, 0.3) is 0 Å². The van der Waals surface area contributed by atoms with E-state index in [1.54, 1.807) is 0 Å². The van der Waals surface area contributed by atoms with E-state index in [9.17, 15) is 9.59 Å². The molecule has 2 nitrogen and oxygen atoms in total. The quantitative estimate of drug-likeness (QED) is 0.560. The average Bonchev–Trinajstić information content (AvgIpc) is 2.46. The highest BCUT2D eigenvalue weighted by Crippen LogP contribution is 2.44. The third-order valence-corrected chi connectivity index (χ3v) is 5.78. The molecule has 0 aromatic heterocycles. The van der Waals surface area contributed by atoms with Crippen LogP contribution in [0.15, 0.2) is 0 Å². The number of hydrogen-bond donors (Lipinski definition) is 0. The van der Waals surface area contributed by atoms with Crippen molar-refractivity contribution in [1.29, 1.82) is 0 Å². The van der Waals surface area contributed by atoms with E-state index >= 15 is 0 Å². The molecular formula is C18H30O2. The van der Waals surface area contributed by atoms with E-state index in [1.807, 2.05) is 0 Å². The van der Waals surface area contributed by atoms with Gasteiger partial charge in [0.1, 0.15) is 12.1 Å². The molecule has 2 fully saturated rings. The van der Waals surface area contributed by atoms with Crippen LogP contribution in [0.3, 0.4) is 0 Å². The minimum atomic E-state index is -0.614. The Hall–Kier alpha value is -0.660. The van der Waals surface area contributed by atoms with Crippen LogP contribution in [0.1, 0.15) is 78.6 Å². The summed E-state index contributed by atoms with van der Waals surface area (Å²) in [7, 11) is 0. The normalized spacial score (nSPS) is 30.8. The first-order valence-electron chi connectivity index (χ1n) is 8.40. The highest BCUT2D eigenvalue weighted by molar-refractivity contribution is 5.99. The number of hydrogen-bond acceptors (Lipinski definition) is 2. The summed E-state index contributed by atoms with van der Waals surface area (Å²) in [4.78, 5) is 24.4. The number of aldehydes is 1. The van der Waals surface area contributed by atoms with Crippen LogP contribution < -0.4 is 0 Å². The topological polar surface area (TPSA) is 34.1 Å². The second-order valence-corrected chi connectivity index (χ2v) is 8.11. The van der Waals surface area contributed by atoms with Crippen molar-refractivity contribution in [3.63, 3.8) is 0 Å². The molecule has 2 saturated carbocycles. The number of rotatable bonds is 3. The van der Waals surface area contributed by atoms with Gasteiger partial charge in [-0.1, -0.05) is 40.0 Å². The van der Waals surface area contributed by atoms with Crippen molar-refractivity contribution in [2.45, 2.75) is 78.6 Å². The van der Waals surface area contributed by atoms with Crippen LogP contribution in [-0.2, 0) is 9.59 Å². The lowest BCUT2D eigenvalue weighted by Gasteiger charge is -2.39. The number of carbonyl (C=O) groups is 2. The average molecular weight is 278 g/mol. The molecule has 0 bridgehead atoms. The Morgan fingerprint density at radius 3 is 2.00 bits per heavy atom. The number of carbonyl (C=O) groups excluding carboxylic acids is 2. The Labute approximate surface area is 123 Å². The third kappa shape index (κ3) is 3.15. The van der Waals surface area contributed by atoms with Crippen molar-refractivity contribution in [3.05, 3.63) is 0 Å². The van der Waals surface area contributed by atoms with E-state index in [1.165, 1.54) is 6.42 Å². The van der Waals surface area contributed by atoms with Crippen LogP contribution in [0, 0.1) is 22.7 Å². The van der Waals surface area contributed by atoms with Crippen LogP contribution in [0.25, 0.3) is 0 Å². The SMILES string of the molecule is CC(C)(C)C1CCC(C(=O)C2(C=O)CCCCC2)CC1. The van der Waals surface area contributed by atoms with E-state index < -0.39 is 5.41 Å². The largest absolute Gasteiger partial charge is 0.302 e. The van der Waals surface area contributed by atoms with Crippen LogP contribution in [0.4, 0.5) is 0 Å². The fourth-order valence-electron chi connectivity index (χ4n) is 4.23. The fraction of sp³-hybridized carbons (Fsp3) is 0.889. The van der Waals surface area contributed by atoms with Gasteiger partial charge in [-0.25, -0.2) is 0 Å². The molecule has 0 radical (unpaired) electrons. The zero-order valence-corrected chi connectivity index (χ0v) is 13.4. The van der Waals surface area contributed by atoms with Gasteiger partial charge in [-0.15, -0.1) is 0 Å². The Kier molecular flexibility index (Phi) is 4.71. The van der Waals surface area contributed by atoms with Gasteiger partial charge in [0, 0.05) is 5.92 Å². The molecule has 0 spiro atoms. The summed E-state index contributed by atoms with van der Waals surface area (Å²) in [6, 6.07) is 0. The lowest BCUT2D eigenvalue weighted by molar-refractivity contribution is -0.141. The predicted molar refractivity (Wildman–Crippen MR) is 81.5 cm³/mol. The third-order valence-electron chi connectivity index (χ3n) is 5.78. The first kappa shape index (κ1) is 15.7. The van der Waals surface area contributed by atoms with Gasteiger partial charge in [0.2, 0.25) is 0 Å². The minimum Gasteiger partial charge on any atom is -0.302 e. The van der Waals surface area contributed by atoms with Gasteiger partial charge in [-0.05, 0) is 49.9 Å². The Balaban J connectivity index is 1.99. The van der Waals surface area contributed by atoms with Gasteiger partial charge in [0.05, 0.1) is 5.41 Å². The van der Waals surface area contributed by atoms with Crippen molar-refractivity contribution in [2.24, 2.45) is 22.7 Å². The summed E-state index contributed by atoms with van der Waals surface area (Å²) >= 11 is 0. The first-order chi connectivity index (χ1) is 9.39. The van der Waals surface area contributed by atoms with Gasteiger partial charge >= 0.3 is 0 Å². The molecule has 0 atom stereocenters. The molecule has 2 heteroatoms. The summed E-state index contributed by atoms with van der Waals surface area (Å²) < 4.78 is 0. The molecular weight excluding hydrogens is 248 g/mol. The highest BCUT2D eigenvalue weighted by Gasteiger charge is 2.44. The molecule has 2 aliphatic carbocycles. The molecule has 0 saturated heterocycles. The smallest absolute Gasteiger partial charge is 0.149 e. The van der Waals surface area contributed by atoms with E-state index in [-0.39, 0.29) is 11.7 Å². The van der Waals surface area contributed by atoms with E-state index in [0.717, 1.165) is 63.6 Å². The molecule has 0 aliphatic heterocycles. The zero-order valence-electron chi connectivity index (χ0n) is 13.4. The van der Waals surface area contributed by atoms with Crippen molar-refractivity contribution < 1.29 is 9.59 Å². The summed E-state index contributed by atoms with van der Waals surface area (Å²) in [6.07, 6.45) is 10.1. The monoisotopic (exact) mass is 278 g/mol. The Morgan fingerprint density at radius 1 is 1.00 bits per heavy atom. The minimum absolute atomic E-state index is 0.150. The molecule has 0 heterocycles. The predicted octanol–water partition coefficient (Wildman–Crippen LogP) is 4.56.